The average Bonchev–Trinajstić information content (AvgIpc) is 3.17. The van der Waals surface area contributed by atoms with Gasteiger partial charge in [0.15, 0.2) is 5.78 Å². The Bertz CT molecular complexity index is 975. The minimum atomic E-state index is -0.129. The van der Waals surface area contributed by atoms with Crippen molar-refractivity contribution in [3.8, 4) is 11.4 Å². The maximum Gasteiger partial charge on any atom is 0.224 e. The number of aromatic nitrogens is 4. The Kier molecular flexibility index (Phi) is 6.49. The summed E-state index contributed by atoms with van der Waals surface area (Å²) >= 11 is 0. The predicted molar refractivity (Wildman–Crippen MR) is 112 cm³/mol. The van der Waals surface area contributed by atoms with E-state index in [-0.39, 0.29) is 18.2 Å². The molecule has 3 aromatic rings. The van der Waals surface area contributed by atoms with Crippen molar-refractivity contribution in [1.29, 1.82) is 0 Å². The van der Waals surface area contributed by atoms with E-state index in [4.69, 9.17) is 0 Å². The van der Waals surface area contributed by atoms with Crippen LogP contribution in [0.1, 0.15) is 55.5 Å². The van der Waals surface area contributed by atoms with Crippen LogP contribution < -0.4 is 5.32 Å². The number of rotatable bonds is 8. The molecule has 0 saturated carbocycles. The fraction of sp³-hybridized carbons (Fsp3) is 0.318. The first kappa shape index (κ1) is 20.4. The van der Waals surface area contributed by atoms with Crippen LogP contribution >= 0.6 is 0 Å². The first-order valence-corrected chi connectivity index (χ1v) is 9.77. The molecule has 150 valence electrons. The molecule has 7 nitrogen and oxygen atoms in total. The summed E-state index contributed by atoms with van der Waals surface area (Å²) in [5.41, 5.74) is 3.30. The predicted octanol–water partition coefficient (Wildman–Crippen LogP) is 4.09. The first-order chi connectivity index (χ1) is 14.0. The zero-order valence-electron chi connectivity index (χ0n) is 16.9. The molecule has 1 N–H and O–H groups in total. The molecule has 3 rings (SSSR count). The van der Waals surface area contributed by atoms with Crippen molar-refractivity contribution in [2.24, 2.45) is 0 Å². The lowest BCUT2D eigenvalue weighted by Crippen LogP contribution is -2.14. The molecule has 0 aliphatic carbocycles. The lowest BCUT2D eigenvalue weighted by atomic mass is 10.0. The highest BCUT2D eigenvalue weighted by Crippen LogP contribution is 2.19. The van der Waals surface area contributed by atoms with E-state index < -0.39 is 0 Å². The van der Waals surface area contributed by atoms with Crippen LogP contribution in [0.2, 0.25) is 0 Å². The normalized spacial score (nSPS) is 10.9. The van der Waals surface area contributed by atoms with E-state index in [2.05, 4.69) is 34.6 Å². The molecule has 0 aliphatic rings. The molecule has 0 fully saturated rings. The van der Waals surface area contributed by atoms with E-state index >= 15 is 0 Å². The summed E-state index contributed by atoms with van der Waals surface area (Å²) in [5.74, 6) is 0.779. The summed E-state index contributed by atoms with van der Waals surface area (Å²) < 4.78 is 0. The molecule has 1 heterocycles. The van der Waals surface area contributed by atoms with Crippen LogP contribution in [0.15, 0.2) is 48.5 Å². The molecule has 29 heavy (non-hydrogen) atoms. The summed E-state index contributed by atoms with van der Waals surface area (Å²) in [6.45, 7) is 6.23. The molecule has 0 unspecified atom stereocenters. The summed E-state index contributed by atoms with van der Waals surface area (Å²) in [6.07, 6.45) is 1.26. The van der Waals surface area contributed by atoms with Crippen molar-refractivity contribution in [2.45, 2.75) is 46.1 Å². The molecule has 7 heteroatoms. The third-order valence-corrected chi connectivity index (χ3v) is 4.54. The Morgan fingerprint density at radius 3 is 2.34 bits per heavy atom. The third kappa shape index (κ3) is 5.34. The molecule has 0 bridgehead atoms. The van der Waals surface area contributed by atoms with E-state index in [1.807, 2.05) is 31.2 Å². The number of Topliss-reactive ketones (excluding diaryl/α,β-unsaturated/α-hetero) is 1. The third-order valence-electron chi connectivity index (χ3n) is 4.54. The van der Waals surface area contributed by atoms with E-state index in [0.717, 1.165) is 12.0 Å². The number of hydrogen-bond acceptors (Lipinski definition) is 5. The summed E-state index contributed by atoms with van der Waals surface area (Å²) in [5, 5.41) is 15.2. The summed E-state index contributed by atoms with van der Waals surface area (Å²) in [4.78, 5) is 25.4. The number of amides is 1. The van der Waals surface area contributed by atoms with Gasteiger partial charge in [0.2, 0.25) is 11.7 Å². The van der Waals surface area contributed by atoms with Gasteiger partial charge >= 0.3 is 0 Å². The Morgan fingerprint density at radius 2 is 1.72 bits per heavy atom. The van der Waals surface area contributed by atoms with Gasteiger partial charge in [0, 0.05) is 23.2 Å². The second-order valence-electron chi connectivity index (χ2n) is 7.22. The average molecular weight is 391 g/mol. The van der Waals surface area contributed by atoms with Gasteiger partial charge in [-0.15, -0.1) is 10.2 Å². The van der Waals surface area contributed by atoms with Gasteiger partial charge in [-0.2, -0.15) is 4.80 Å². The van der Waals surface area contributed by atoms with Gasteiger partial charge in [-0.05, 0) is 47.4 Å². The second kappa shape index (κ2) is 9.23. The highest BCUT2D eigenvalue weighted by atomic mass is 16.1. The molecule has 1 amide bonds. The summed E-state index contributed by atoms with van der Waals surface area (Å²) in [7, 11) is 0. The van der Waals surface area contributed by atoms with Crippen molar-refractivity contribution < 1.29 is 9.59 Å². The van der Waals surface area contributed by atoms with E-state index in [1.54, 1.807) is 24.3 Å². The number of nitrogens with one attached hydrogen (secondary N) is 1. The number of ketones is 1. The fourth-order valence-electron chi connectivity index (χ4n) is 2.85. The Hall–Kier alpha value is -3.35. The van der Waals surface area contributed by atoms with Crippen LogP contribution in [0.25, 0.3) is 11.4 Å². The van der Waals surface area contributed by atoms with Crippen LogP contribution in [0.5, 0.6) is 0 Å². The standard InChI is InChI=1S/C22H25N5O2/c1-4-5-21(29)23-19-12-10-17(11-13-19)20(28)14-27-25-22(24-26-27)18-8-6-16(7-9-18)15(2)3/h6-13,15H,4-5,14H2,1-3H3,(H,23,29). The van der Waals surface area contributed by atoms with E-state index in [0.29, 0.717) is 29.4 Å². The smallest absolute Gasteiger partial charge is 0.224 e. The molecule has 2 aromatic carbocycles. The number of hydrogen-bond donors (Lipinski definition) is 1. The Morgan fingerprint density at radius 1 is 1.03 bits per heavy atom. The van der Waals surface area contributed by atoms with Gasteiger partial charge in [-0.3, -0.25) is 9.59 Å². The molecule has 0 aliphatic heterocycles. The van der Waals surface area contributed by atoms with E-state index in [1.165, 1.54) is 10.4 Å². The van der Waals surface area contributed by atoms with Crippen LogP contribution in [-0.4, -0.2) is 31.9 Å². The summed E-state index contributed by atoms with van der Waals surface area (Å²) in [6, 6.07) is 14.8. The van der Waals surface area contributed by atoms with Crippen molar-refractivity contribution >= 4 is 17.4 Å². The maximum atomic E-state index is 12.5. The number of carbonyl (C=O) groups excluding carboxylic acids is 2. The molecule has 1 aromatic heterocycles. The number of benzene rings is 2. The molecular weight excluding hydrogens is 366 g/mol. The first-order valence-electron chi connectivity index (χ1n) is 9.77. The monoisotopic (exact) mass is 391 g/mol. The fourth-order valence-corrected chi connectivity index (χ4v) is 2.85. The van der Waals surface area contributed by atoms with Crippen LogP contribution in [0.4, 0.5) is 5.69 Å². The van der Waals surface area contributed by atoms with Crippen LogP contribution in [0, 0.1) is 0 Å². The number of nitrogens with zero attached hydrogens (tertiary/aromatic N) is 4. The van der Waals surface area contributed by atoms with Crippen molar-refractivity contribution in [2.75, 3.05) is 5.32 Å². The largest absolute Gasteiger partial charge is 0.326 e. The lowest BCUT2D eigenvalue weighted by Gasteiger charge is -2.05. The van der Waals surface area contributed by atoms with Crippen LogP contribution in [0.3, 0.4) is 0 Å². The van der Waals surface area contributed by atoms with Gasteiger partial charge in [0.05, 0.1) is 0 Å². The molecular formula is C22H25N5O2. The SMILES string of the molecule is CCCC(=O)Nc1ccc(C(=O)Cn2nnc(-c3ccc(C(C)C)cc3)n2)cc1. The van der Waals surface area contributed by atoms with Gasteiger partial charge in [-0.1, -0.05) is 45.0 Å². The van der Waals surface area contributed by atoms with Gasteiger partial charge < -0.3 is 5.32 Å². The number of tetrazole rings is 1. The van der Waals surface area contributed by atoms with Gasteiger partial charge in [-0.25, -0.2) is 0 Å². The minimum Gasteiger partial charge on any atom is -0.326 e. The number of carbonyl (C=O) groups is 2. The van der Waals surface area contributed by atoms with Crippen molar-refractivity contribution in [3.63, 3.8) is 0 Å². The zero-order chi connectivity index (χ0) is 20.8. The van der Waals surface area contributed by atoms with Gasteiger partial charge in [0.25, 0.3) is 0 Å². The molecule has 0 atom stereocenters. The lowest BCUT2D eigenvalue weighted by molar-refractivity contribution is -0.116. The maximum absolute atomic E-state index is 12.5. The quantitative estimate of drug-likeness (QED) is 0.584. The van der Waals surface area contributed by atoms with E-state index in [9.17, 15) is 9.59 Å². The molecule has 0 saturated heterocycles. The van der Waals surface area contributed by atoms with Gasteiger partial charge in [0.1, 0.15) is 6.54 Å². The minimum absolute atomic E-state index is 0.00137. The van der Waals surface area contributed by atoms with Crippen molar-refractivity contribution in [3.05, 3.63) is 59.7 Å². The molecule has 0 spiro atoms. The number of anilines is 1. The van der Waals surface area contributed by atoms with Crippen LogP contribution in [-0.2, 0) is 11.3 Å². The second-order valence-corrected chi connectivity index (χ2v) is 7.22. The highest BCUT2D eigenvalue weighted by molar-refractivity contribution is 5.97. The zero-order valence-corrected chi connectivity index (χ0v) is 16.9. The molecule has 0 radical (unpaired) electrons. The highest BCUT2D eigenvalue weighted by Gasteiger charge is 2.12. The Labute approximate surface area is 170 Å². The van der Waals surface area contributed by atoms with Crippen molar-refractivity contribution in [1.82, 2.24) is 20.2 Å². The Balaban J connectivity index is 1.63. The topological polar surface area (TPSA) is 89.8 Å².